The van der Waals surface area contributed by atoms with Gasteiger partial charge in [0.25, 0.3) is 5.91 Å². The van der Waals surface area contributed by atoms with E-state index in [2.05, 4.69) is 15.5 Å². The van der Waals surface area contributed by atoms with E-state index in [4.69, 9.17) is 4.74 Å². The molecule has 1 N–H and O–H groups in total. The zero-order chi connectivity index (χ0) is 22.9. The number of nitrogens with one attached hydrogen (secondary N) is 1. The SMILES string of the molecule is CCCN(CCC)S(=O)(=O)c1ccc(C(=O)Nc2nnc(SCC(=O)OCC)s2)cc1. The van der Waals surface area contributed by atoms with Crippen LogP contribution in [0.25, 0.3) is 0 Å². The standard InChI is InChI=1S/C19H26N4O5S3/c1-4-11-23(12-5-2)31(26,27)15-9-7-14(8-10-15)17(25)20-18-21-22-19(30-18)29-13-16(24)28-6-3/h7-10H,4-6,11-13H2,1-3H3,(H,20,21,25). The second-order valence-corrected chi connectivity index (χ2v) is 10.5. The maximum absolute atomic E-state index is 12.8. The Morgan fingerprint density at radius 3 is 2.32 bits per heavy atom. The second-order valence-electron chi connectivity index (χ2n) is 6.35. The van der Waals surface area contributed by atoms with E-state index < -0.39 is 15.9 Å². The minimum atomic E-state index is -3.60. The molecule has 0 saturated carbocycles. The summed E-state index contributed by atoms with van der Waals surface area (Å²) in [6, 6.07) is 5.80. The van der Waals surface area contributed by atoms with Crippen molar-refractivity contribution in [3.8, 4) is 0 Å². The summed E-state index contributed by atoms with van der Waals surface area (Å²) in [7, 11) is -3.60. The molecule has 0 aliphatic rings. The average Bonchev–Trinajstić information content (AvgIpc) is 3.19. The molecule has 31 heavy (non-hydrogen) atoms. The summed E-state index contributed by atoms with van der Waals surface area (Å²) in [4.78, 5) is 24.0. The third kappa shape index (κ3) is 7.27. The lowest BCUT2D eigenvalue weighted by molar-refractivity contribution is -0.139. The van der Waals surface area contributed by atoms with E-state index in [1.807, 2.05) is 13.8 Å². The summed E-state index contributed by atoms with van der Waals surface area (Å²) in [5.74, 6) is -0.667. The fourth-order valence-electron chi connectivity index (χ4n) is 2.59. The minimum absolute atomic E-state index is 0.111. The van der Waals surface area contributed by atoms with Gasteiger partial charge in [0.05, 0.1) is 17.3 Å². The zero-order valence-corrected chi connectivity index (χ0v) is 20.1. The van der Waals surface area contributed by atoms with Crippen LogP contribution in [-0.2, 0) is 19.6 Å². The summed E-state index contributed by atoms with van der Waals surface area (Å²) in [6.45, 7) is 6.80. The number of carbonyl (C=O) groups excluding carboxylic acids is 2. The van der Waals surface area contributed by atoms with Crippen molar-refractivity contribution in [3.63, 3.8) is 0 Å². The van der Waals surface area contributed by atoms with Gasteiger partial charge in [-0.25, -0.2) is 8.42 Å². The predicted molar refractivity (Wildman–Crippen MR) is 121 cm³/mol. The number of benzene rings is 1. The van der Waals surface area contributed by atoms with Crippen molar-refractivity contribution >= 4 is 50.1 Å². The fraction of sp³-hybridized carbons (Fsp3) is 0.474. The number of amides is 1. The van der Waals surface area contributed by atoms with Gasteiger partial charge < -0.3 is 4.74 Å². The molecule has 0 aliphatic heterocycles. The van der Waals surface area contributed by atoms with Crippen LogP contribution < -0.4 is 5.32 Å². The third-order valence-corrected chi connectivity index (χ3v) is 7.80. The molecular formula is C19H26N4O5S3. The van der Waals surface area contributed by atoms with E-state index in [0.717, 1.165) is 24.2 Å². The Balaban J connectivity index is 2.02. The van der Waals surface area contributed by atoms with E-state index in [1.54, 1.807) is 6.92 Å². The third-order valence-electron chi connectivity index (χ3n) is 3.95. The predicted octanol–water partition coefficient (Wildman–Crippen LogP) is 3.26. The molecule has 170 valence electrons. The molecule has 2 aromatic rings. The number of carbonyl (C=O) groups is 2. The van der Waals surface area contributed by atoms with Crippen LogP contribution >= 0.6 is 23.1 Å². The van der Waals surface area contributed by atoms with Crippen LogP contribution in [-0.4, -0.2) is 60.2 Å². The largest absolute Gasteiger partial charge is 0.465 e. The molecule has 1 aromatic carbocycles. The molecule has 0 aliphatic carbocycles. The first kappa shape index (κ1) is 25.2. The van der Waals surface area contributed by atoms with E-state index in [-0.39, 0.29) is 21.7 Å². The summed E-state index contributed by atoms with van der Waals surface area (Å²) in [5, 5.41) is 10.7. The van der Waals surface area contributed by atoms with Gasteiger partial charge in [-0.15, -0.1) is 10.2 Å². The highest BCUT2D eigenvalue weighted by Gasteiger charge is 2.23. The van der Waals surface area contributed by atoms with Gasteiger partial charge in [-0.05, 0) is 44.0 Å². The van der Waals surface area contributed by atoms with Gasteiger partial charge in [0.2, 0.25) is 15.2 Å². The minimum Gasteiger partial charge on any atom is -0.465 e. The summed E-state index contributed by atoms with van der Waals surface area (Å²) >= 11 is 2.31. The molecule has 0 spiro atoms. The molecule has 0 bridgehead atoms. The number of aromatic nitrogens is 2. The molecule has 0 unspecified atom stereocenters. The van der Waals surface area contributed by atoms with Crippen molar-refractivity contribution in [2.24, 2.45) is 0 Å². The Labute approximate surface area is 190 Å². The number of ether oxygens (including phenoxy) is 1. The number of hydrogen-bond acceptors (Lipinski definition) is 9. The first-order chi connectivity index (χ1) is 14.8. The van der Waals surface area contributed by atoms with Crippen molar-refractivity contribution in [1.82, 2.24) is 14.5 Å². The molecule has 1 heterocycles. The van der Waals surface area contributed by atoms with Crippen LogP contribution in [0.1, 0.15) is 44.0 Å². The van der Waals surface area contributed by atoms with Crippen LogP contribution in [0.3, 0.4) is 0 Å². The zero-order valence-electron chi connectivity index (χ0n) is 17.7. The molecule has 0 fully saturated rings. The van der Waals surface area contributed by atoms with E-state index >= 15 is 0 Å². The molecule has 12 heteroatoms. The molecule has 1 aromatic heterocycles. The molecule has 0 atom stereocenters. The quantitative estimate of drug-likeness (QED) is 0.276. The Kier molecular flexibility index (Phi) is 9.88. The van der Waals surface area contributed by atoms with Gasteiger partial charge in [-0.1, -0.05) is 36.9 Å². The normalized spacial score (nSPS) is 11.5. The molecule has 0 radical (unpaired) electrons. The number of anilines is 1. The first-order valence-electron chi connectivity index (χ1n) is 9.85. The number of sulfonamides is 1. The number of hydrogen-bond donors (Lipinski definition) is 1. The number of esters is 1. The summed E-state index contributed by atoms with van der Waals surface area (Å²) < 4.78 is 32.5. The van der Waals surface area contributed by atoms with Crippen LogP contribution in [0.4, 0.5) is 5.13 Å². The lowest BCUT2D eigenvalue weighted by Gasteiger charge is -2.21. The molecular weight excluding hydrogens is 460 g/mol. The summed E-state index contributed by atoms with van der Waals surface area (Å²) in [6.07, 6.45) is 1.45. The average molecular weight is 487 g/mol. The van der Waals surface area contributed by atoms with Crippen LogP contribution in [0.5, 0.6) is 0 Å². The van der Waals surface area contributed by atoms with Gasteiger partial charge >= 0.3 is 5.97 Å². The Morgan fingerprint density at radius 1 is 1.10 bits per heavy atom. The van der Waals surface area contributed by atoms with Crippen molar-refractivity contribution in [2.75, 3.05) is 30.8 Å². The summed E-state index contributed by atoms with van der Waals surface area (Å²) in [5.41, 5.74) is 0.299. The van der Waals surface area contributed by atoms with Crippen molar-refractivity contribution in [3.05, 3.63) is 29.8 Å². The van der Waals surface area contributed by atoms with Crippen LogP contribution in [0, 0.1) is 0 Å². The van der Waals surface area contributed by atoms with Crippen molar-refractivity contribution in [2.45, 2.75) is 42.8 Å². The maximum atomic E-state index is 12.8. The highest BCUT2D eigenvalue weighted by molar-refractivity contribution is 8.01. The molecule has 9 nitrogen and oxygen atoms in total. The number of nitrogens with zero attached hydrogens (tertiary/aromatic N) is 3. The number of thioether (sulfide) groups is 1. The van der Waals surface area contributed by atoms with Gasteiger partial charge in [-0.2, -0.15) is 4.31 Å². The molecule has 2 rings (SSSR count). The monoisotopic (exact) mass is 486 g/mol. The van der Waals surface area contributed by atoms with E-state index in [9.17, 15) is 18.0 Å². The smallest absolute Gasteiger partial charge is 0.316 e. The Bertz CT molecular complexity index is 971. The van der Waals surface area contributed by atoms with Crippen molar-refractivity contribution < 1.29 is 22.7 Å². The lowest BCUT2D eigenvalue weighted by atomic mass is 10.2. The Morgan fingerprint density at radius 2 is 1.74 bits per heavy atom. The topological polar surface area (TPSA) is 119 Å². The van der Waals surface area contributed by atoms with Crippen LogP contribution in [0.15, 0.2) is 33.5 Å². The lowest BCUT2D eigenvalue weighted by Crippen LogP contribution is -2.32. The van der Waals surface area contributed by atoms with Crippen LogP contribution in [0.2, 0.25) is 0 Å². The molecule has 1 amide bonds. The fourth-order valence-corrected chi connectivity index (χ4v) is 5.76. The first-order valence-corrected chi connectivity index (χ1v) is 13.1. The number of rotatable bonds is 12. The maximum Gasteiger partial charge on any atom is 0.316 e. The van der Waals surface area contributed by atoms with Crippen molar-refractivity contribution in [1.29, 1.82) is 0 Å². The van der Waals surface area contributed by atoms with E-state index in [0.29, 0.717) is 29.6 Å². The van der Waals surface area contributed by atoms with Gasteiger partial charge in [-0.3, -0.25) is 14.9 Å². The van der Waals surface area contributed by atoms with Gasteiger partial charge in [0.1, 0.15) is 0 Å². The van der Waals surface area contributed by atoms with Gasteiger partial charge in [0.15, 0.2) is 4.34 Å². The van der Waals surface area contributed by atoms with Gasteiger partial charge in [0, 0.05) is 18.7 Å². The highest BCUT2D eigenvalue weighted by Crippen LogP contribution is 2.26. The molecule has 0 saturated heterocycles. The second kappa shape index (κ2) is 12.1. The van der Waals surface area contributed by atoms with E-state index in [1.165, 1.54) is 40.3 Å². The Hall–Kier alpha value is -2.02. The highest BCUT2D eigenvalue weighted by atomic mass is 32.2.